The van der Waals surface area contributed by atoms with Crippen LogP contribution in [0.5, 0.6) is 0 Å². The third-order valence-corrected chi connectivity index (χ3v) is 3.91. The van der Waals surface area contributed by atoms with Crippen molar-refractivity contribution in [2.24, 2.45) is 0 Å². The van der Waals surface area contributed by atoms with E-state index in [4.69, 9.17) is 5.11 Å². The quantitative estimate of drug-likeness (QED) is 0.904. The Bertz CT molecular complexity index is 536. The summed E-state index contributed by atoms with van der Waals surface area (Å²) in [4.78, 5) is 14.9. The number of carbonyl (C=O) groups is 1. The van der Waals surface area contributed by atoms with Gasteiger partial charge in [-0.2, -0.15) is 0 Å². The Morgan fingerprint density at radius 1 is 1.33 bits per heavy atom. The van der Waals surface area contributed by atoms with E-state index in [1.165, 1.54) is 0 Å². The number of hydrogen-bond acceptors (Lipinski definition) is 3. The van der Waals surface area contributed by atoms with Crippen LogP contribution in [-0.4, -0.2) is 16.1 Å². The Labute approximate surface area is 118 Å². The molecule has 0 bridgehead atoms. The number of carboxylic acid groups (broad SMARTS) is 1. The van der Waals surface area contributed by atoms with E-state index in [9.17, 15) is 4.79 Å². The highest BCUT2D eigenvalue weighted by molar-refractivity contribution is 9.10. The number of aliphatic carboxylic acids is 1. The van der Waals surface area contributed by atoms with E-state index in [2.05, 4.69) is 20.9 Å². The predicted octanol–water partition coefficient (Wildman–Crippen LogP) is 3.98. The average Bonchev–Trinajstić information content (AvgIpc) is 2.78. The summed E-state index contributed by atoms with van der Waals surface area (Å²) in [6, 6.07) is 8.00. The van der Waals surface area contributed by atoms with Crippen LogP contribution in [0.3, 0.4) is 0 Å². The van der Waals surface area contributed by atoms with Gasteiger partial charge in [0.2, 0.25) is 0 Å². The first-order valence-electron chi connectivity index (χ1n) is 5.57. The van der Waals surface area contributed by atoms with Crippen LogP contribution in [0, 0.1) is 0 Å². The number of thiazole rings is 1. The molecule has 1 aromatic carbocycles. The molecule has 0 saturated heterocycles. The van der Waals surface area contributed by atoms with Crippen LogP contribution in [0.15, 0.2) is 34.1 Å². The van der Waals surface area contributed by atoms with Gasteiger partial charge in [0.15, 0.2) is 0 Å². The van der Waals surface area contributed by atoms with Gasteiger partial charge < -0.3 is 5.11 Å². The summed E-state index contributed by atoms with van der Waals surface area (Å²) in [5.41, 5.74) is 2.04. The van der Waals surface area contributed by atoms with Crippen molar-refractivity contribution in [1.29, 1.82) is 0 Å². The molecule has 0 aliphatic heterocycles. The summed E-state index contributed by atoms with van der Waals surface area (Å²) >= 11 is 4.98. The van der Waals surface area contributed by atoms with Crippen molar-refractivity contribution in [3.05, 3.63) is 39.1 Å². The van der Waals surface area contributed by atoms with E-state index < -0.39 is 5.97 Å². The number of nitrogens with zero attached hydrogens (tertiary/aromatic N) is 1. The Balaban J connectivity index is 2.01. The van der Waals surface area contributed by atoms with Crippen molar-refractivity contribution in [3.63, 3.8) is 0 Å². The number of aromatic nitrogens is 1. The fourth-order valence-corrected chi connectivity index (χ4v) is 2.68. The number of rotatable bonds is 5. The van der Waals surface area contributed by atoms with Gasteiger partial charge in [-0.05, 0) is 25.0 Å². The van der Waals surface area contributed by atoms with Gasteiger partial charge in [-0.3, -0.25) is 4.79 Å². The highest BCUT2D eigenvalue weighted by atomic mass is 79.9. The molecule has 1 N–H and O–H groups in total. The van der Waals surface area contributed by atoms with Crippen molar-refractivity contribution >= 4 is 33.2 Å². The van der Waals surface area contributed by atoms with Crippen LogP contribution in [0.4, 0.5) is 0 Å². The molecule has 94 valence electrons. The first-order chi connectivity index (χ1) is 8.65. The van der Waals surface area contributed by atoms with Gasteiger partial charge in [0.05, 0.1) is 10.7 Å². The third kappa shape index (κ3) is 3.65. The van der Waals surface area contributed by atoms with Crippen LogP contribution in [0.25, 0.3) is 11.3 Å². The van der Waals surface area contributed by atoms with Crippen LogP contribution in [-0.2, 0) is 11.2 Å². The summed E-state index contributed by atoms with van der Waals surface area (Å²) in [6.45, 7) is 0. The van der Waals surface area contributed by atoms with E-state index in [0.717, 1.165) is 27.2 Å². The summed E-state index contributed by atoms with van der Waals surface area (Å²) in [5.74, 6) is -0.750. The third-order valence-electron chi connectivity index (χ3n) is 2.47. The Hall–Kier alpha value is -1.20. The Morgan fingerprint density at radius 2 is 2.06 bits per heavy atom. The second-order valence-corrected chi connectivity index (χ2v) is 5.74. The van der Waals surface area contributed by atoms with E-state index in [0.29, 0.717) is 6.42 Å². The number of halogens is 1. The molecule has 0 fully saturated rings. The van der Waals surface area contributed by atoms with Crippen molar-refractivity contribution in [3.8, 4) is 11.3 Å². The molecule has 0 saturated carbocycles. The van der Waals surface area contributed by atoms with Crippen LogP contribution in [0.2, 0.25) is 0 Å². The van der Waals surface area contributed by atoms with Crippen LogP contribution >= 0.6 is 27.3 Å². The molecule has 0 aliphatic carbocycles. The van der Waals surface area contributed by atoms with Gasteiger partial charge in [0.1, 0.15) is 0 Å². The van der Waals surface area contributed by atoms with E-state index in [1.807, 2.05) is 29.6 Å². The molecule has 0 radical (unpaired) electrons. The summed E-state index contributed by atoms with van der Waals surface area (Å²) in [5, 5.41) is 11.6. The Morgan fingerprint density at radius 3 is 2.72 bits per heavy atom. The van der Waals surface area contributed by atoms with E-state index >= 15 is 0 Å². The van der Waals surface area contributed by atoms with Crippen molar-refractivity contribution in [2.75, 3.05) is 0 Å². The average molecular weight is 326 g/mol. The highest BCUT2D eigenvalue weighted by Gasteiger charge is 2.05. The van der Waals surface area contributed by atoms with Gasteiger partial charge in [-0.15, -0.1) is 11.3 Å². The van der Waals surface area contributed by atoms with Crippen molar-refractivity contribution in [2.45, 2.75) is 19.3 Å². The molecular formula is C13H12BrNO2S. The van der Waals surface area contributed by atoms with Crippen molar-refractivity contribution in [1.82, 2.24) is 4.98 Å². The number of hydrogen-bond donors (Lipinski definition) is 1. The van der Waals surface area contributed by atoms with Crippen molar-refractivity contribution < 1.29 is 9.90 Å². The molecule has 5 heteroatoms. The molecule has 0 aliphatic rings. The maximum atomic E-state index is 10.4. The zero-order valence-corrected chi connectivity index (χ0v) is 12.0. The molecule has 3 nitrogen and oxygen atoms in total. The molecule has 18 heavy (non-hydrogen) atoms. The summed E-state index contributed by atoms with van der Waals surface area (Å²) in [6.07, 6.45) is 1.57. The standard InChI is InChI=1S/C13H12BrNO2S/c14-10-6-4-9(5-7-10)11-8-18-12(15-11)2-1-3-13(16)17/h4-8H,1-3H2,(H,16,17). The molecule has 1 aromatic heterocycles. The van der Waals surface area contributed by atoms with Gasteiger partial charge in [-0.25, -0.2) is 4.98 Å². The second-order valence-electron chi connectivity index (χ2n) is 3.88. The number of benzene rings is 1. The van der Waals surface area contributed by atoms with Gasteiger partial charge in [0.25, 0.3) is 0 Å². The predicted molar refractivity (Wildman–Crippen MR) is 75.8 cm³/mol. The summed E-state index contributed by atoms with van der Waals surface area (Å²) in [7, 11) is 0. The molecule has 1 heterocycles. The zero-order valence-electron chi connectivity index (χ0n) is 9.60. The van der Waals surface area contributed by atoms with E-state index in [1.54, 1.807) is 11.3 Å². The fourth-order valence-electron chi connectivity index (χ4n) is 1.57. The fraction of sp³-hybridized carbons (Fsp3) is 0.231. The molecule has 0 spiro atoms. The second kappa shape index (κ2) is 6.11. The lowest BCUT2D eigenvalue weighted by molar-refractivity contribution is -0.137. The lowest BCUT2D eigenvalue weighted by atomic mass is 10.2. The minimum atomic E-state index is -0.750. The van der Waals surface area contributed by atoms with Gasteiger partial charge in [0, 0.05) is 21.8 Å². The Kier molecular flexibility index (Phi) is 4.49. The SMILES string of the molecule is O=C(O)CCCc1nc(-c2ccc(Br)cc2)cs1. The first-order valence-corrected chi connectivity index (χ1v) is 7.24. The largest absolute Gasteiger partial charge is 0.481 e. The minimum absolute atomic E-state index is 0.202. The first kappa shape index (κ1) is 13.2. The molecule has 0 atom stereocenters. The summed E-state index contributed by atoms with van der Waals surface area (Å²) < 4.78 is 1.04. The normalized spacial score (nSPS) is 10.5. The molecule has 2 rings (SSSR count). The van der Waals surface area contributed by atoms with Crippen LogP contribution in [0.1, 0.15) is 17.8 Å². The lowest BCUT2D eigenvalue weighted by Gasteiger charge is -1.96. The minimum Gasteiger partial charge on any atom is -0.481 e. The smallest absolute Gasteiger partial charge is 0.303 e. The van der Waals surface area contributed by atoms with Crippen LogP contribution < -0.4 is 0 Å². The monoisotopic (exact) mass is 325 g/mol. The lowest BCUT2D eigenvalue weighted by Crippen LogP contribution is -1.95. The maximum Gasteiger partial charge on any atom is 0.303 e. The molecule has 0 amide bonds. The zero-order chi connectivity index (χ0) is 13.0. The molecule has 2 aromatic rings. The highest BCUT2D eigenvalue weighted by Crippen LogP contribution is 2.24. The van der Waals surface area contributed by atoms with E-state index in [-0.39, 0.29) is 6.42 Å². The topological polar surface area (TPSA) is 50.2 Å². The molecular weight excluding hydrogens is 314 g/mol. The molecule has 0 unspecified atom stereocenters. The van der Waals surface area contributed by atoms with Gasteiger partial charge >= 0.3 is 5.97 Å². The maximum absolute atomic E-state index is 10.4. The van der Waals surface area contributed by atoms with Gasteiger partial charge in [-0.1, -0.05) is 28.1 Å². The number of aryl methyl sites for hydroxylation is 1. The number of carboxylic acids is 1.